The molecule has 0 amide bonds. The molecule has 0 aromatic heterocycles. The number of nitrogens with one attached hydrogen (secondary N) is 1. The average Bonchev–Trinajstić information content (AvgIpc) is 3.15. The summed E-state index contributed by atoms with van der Waals surface area (Å²) >= 11 is 0. The number of nitrogens with zero attached hydrogens (tertiary/aromatic N) is 2. The molecule has 5 rings (SSSR count). The number of fused-ring (bicyclic) bond motifs is 2. The lowest BCUT2D eigenvalue weighted by molar-refractivity contribution is -0.134. The molecule has 0 saturated carbocycles. The van der Waals surface area contributed by atoms with Crippen LogP contribution in [-0.2, 0) is 16.0 Å². The Balaban J connectivity index is 0.000000265. The molecule has 0 aliphatic carbocycles. The molecule has 0 bridgehead atoms. The summed E-state index contributed by atoms with van der Waals surface area (Å²) in [6.07, 6.45) is 4.84. The van der Waals surface area contributed by atoms with Gasteiger partial charge in [0.1, 0.15) is 0 Å². The molecule has 3 N–H and O–H groups in total. The second kappa shape index (κ2) is 9.44. The van der Waals surface area contributed by atoms with E-state index in [9.17, 15) is 9.59 Å². The number of benzene rings is 2. The van der Waals surface area contributed by atoms with Gasteiger partial charge >= 0.3 is 11.9 Å². The fraction of sp³-hybridized carbons (Fsp3) is 0.360. The SMILES string of the molecule is CN1CCC(C2Nc3ccccc3N3CCc4cccc2c43)CC1.O=C(O)/C=C/C(=O)O. The maximum absolute atomic E-state index is 9.55. The van der Waals surface area contributed by atoms with Crippen LogP contribution in [-0.4, -0.2) is 53.7 Å². The zero-order valence-corrected chi connectivity index (χ0v) is 18.2. The van der Waals surface area contributed by atoms with Crippen molar-refractivity contribution >= 4 is 29.0 Å². The number of hydrogen-bond donors (Lipinski definition) is 3. The lowest BCUT2D eigenvalue weighted by atomic mass is 9.84. The van der Waals surface area contributed by atoms with Gasteiger partial charge < -0.3 is 25.3 Å². The number of hydrogen-bond acceptors (Lipinski definition) is 5. The van der Waals surface area contributed by atoms with Crippen LogP contribution in [0.25, 0.3) is 0 Å². The van der Waals surface area contributed by atoms with E-state index in [0.29, 0.717) is 24.1 Å². The Bertz CT molecular complexity index is 1010. The Morgan fingerprint density at radius 1 is 0.969 bits per heavy atom. The van der Waals surface area contributed by atoms with Gasteiger partial charge in [0.25, 0.3) is 0 Å². The number of piperidine rings is 1. The van der Waals surface area contributed by atoms with Gasteiger partial charge in [-0.1, -0.05) is 30.3 Å². The maximum Gasteiger partial charge on any atom is 0.328 e. The van der Waals surface area contributed by atoms with Gasteiger partial charge in [-0.05, 0) is 68.6 Å². The van der Waals surface area contributed by atoms with E-state index in [0.717, 1.165) is 13.0 Å². The van der Waals surface area contributed by atoms with E-state index in [1.807, 2.05) is 0 Å². The van der Waals surface area contributed by atoms with Crippen molar-refractivity contribution in [3.05, 3.63) is 65.7 Å². The number of likely N-dealkylation sites (tertiary alicyclic amines) is 1. The minimum absolute atomic E-state index is 0.429. The Kier molecular flexibility index (Phi) is 6.46. The van der Waals surface area contributed by atoms with E-state index < -0.39 is 11.9 Å². The van der Waals surface area contributed by atoms with Crippen molar-refractivity contribution in [3.8, 4) is 0 Å². The summed E-state index contributed by atoms with van der Waals surface area (Å²) < 4.78 is 0. The molecule has 168 valence electrons. The van der Waals surface area contributed by atoms with Crippen LogP contribution in [0.3, 0.4) is 0 Å². The maximum atomic E-state index is 9.55. The minimum Gasteiger partial charge on any atom is -0.478 e. The lowest BCUT2D eigenvalue weighted by Crippen LogP contribution is -2.34. The standard InChI is InChI=1S/C21H25N3.C4H4O4/c1-23-12-9-15(10-13-23)20-17-6-4-5-16-11-14-24(21(16)17)19-8-3-2-7-18(19)22-20;5-3(6)1-2-4(7)8/h2-8,15,20,22H,9-14H2,1H3;1-2H,(H,5,6)(H,7,8)/b;2-1+. The number of anilines is 3. The third-order valence-electron chi connectivity index (χ3n) is 6.47. The second-order valence-electron chi connectivity index (χ2n) is 8.55. The molecule has 7 nitrogen and oxygen atoms in total. The molecule has 3 heterocycles. The molecular weight excluding hydrogens is 406 g/mol. The monoisotopic (exact) mass is 435 g/mol. The van der Waals surface area contributed by atoms with Crippen LogP contribution >= 0.6 is 0 Å². The molecule has 1 unspecified atom stereocenters. The first-order chi connectivity index (χ1) is 15.4. The zero-order valence-electron chi connectivity index (χ0n) is 18.2. The highest BCUT2D eigenvalue weighted by molar-refractivity contribution is 5.89. The molecule has 3 aliphatic heterocycles. The topological polar surface area (TPSA) is 93.1 Å². The van der Waals surface area contributed by atoms with Gasteiger partial charge in [0, 0.05) is 24.4 Å². The summed E-state index contributed by atoms with van der Waals surface area (Å²) in [7, 11) is 2.24. The zero-order chi connectivity index (χ0) is 22.7. The molecular formula is C25H29N3O4. The van der Waals surface area contributed by atoms with Crippen LogP contribution in [0.4, 0.5) is 17.1 Å². The Morgan fingerprint density at radius 3 is 2.34 bits per heavy atom. The largest absolute Gasteiger partial charge is 0.478 e. The molecule has 2 aromatic rings. The molecule has 2 aromatic carbocycles. The number of rotatable bonds is 3. The fourth-order valence-corrected chi connectivity index (χ4v) is 4.93. The first-order valence-corrected chi connectivity index (χ1v) is 11.0. The van der Waals surface area contributed by atoms with Crippen molar-refractivity contribution in [2.24, 2.45) is 5.92 Å². The van der Waals surface area contributed by atoms with Gasteiger partial charge in [-0.15, -0.1) is 0 Å². The van der Waals surface area contributed by atoms with Crippen molar-refractivity contribution in [3.63, 3.8) is 0 Å². The molecule has 1 fully saturated rings. The summed E-state index contributed by atoms with van der Waals surface area (Å²) in [5, 5.41) is 19.6. The molecule has 1 saturated heterocycles. The van der Waals surface area contributed by atoms with E-state index in [4.69, 9.17) is 10.2 Å². The van der Waals surface area contributed by atoms with Gasteiger partial charge in [0.2, 0.25) is 0 Å². The van der Waals surface area contributed by atoms with Gasteiger partial charge in [0.15, 0.2) is 0 Å². The molecule has 3 aliphatic rings. The van der Waals surface area contributed by atoms with Crippen LogP contribution in [0, 0.1) is 5.92 Å². The Morgan fingerprint density at radius 2 is 1.66 bits per heavy atom. The van der Waals surface area contributed by atoms with Crippen molar-refractivity contribution in [1.29, 1.82) is 0 Å². The van der Waals surface area contributed by atoms with Crippen molar-refractivity contribution in [2.75, 3.05) is 36.9 Å². The molecule has 0 spiro atoms. The molecule has 1 atom stereocenters. The first kappa shape index (κ1) is 21.9. The normalized spacial score (nSPS) is 19.9. The highest BCUT2D eigenvalue weighted by Crippen LogP contribution is 2.49. The van der Waals surface area contributed by atoms with Crippen LogP contribution in [0.5, 0.6) is 0 Å². The predicted octanol–water partition coefficient (Wildman–Crippen LogP) is 3.90. The number of aliphatic carboxylic acids is 2. The van der Waals surface area contributed by atoms with Crippen LogP contribution in [0.1, 0.15) is 30.0 Å². The Labute approximate surface area is 188 Å². The number of carbonyl (C=O) groups is 2. The van der Waals surface area contributed by atoms with Gasteiger partial charge in [0.05, 0.1) is 17.4 Å². The van der Waals surface area contributed by atoms with Gasteiger partial charge in [-0.25, -0.2) is 9.59 Å². The van der Waals surface area contributed by atoms with E-state index in [1.165, 1.54) is 54.1 Å². The summed E-state index contributed by atoms with van der Waals surface area (Å²) in [6, 6.07) is 16.2. The predicted molar refractivity (Wildman–Crippen MR) is 125 cm³/mol. The highest BCUT2D eigenvalue weighted by Gasteiger charge is 2.35. The van der Waals surface area contributed by atoms with E-state index in [-0.39, 0.29) is 0 Å². The summed E-state index contributed by atoms with van der Waals surface area (Å²) in [5.41, 5.74) is 7.16. The number of carboxylic acid groups (broad SMARTS) is 2. The molecule has 0 radical (unpaired) electrons. The quantitative estimate of drug-likeness (QED) is 0.630. The number of carboxylic acids is 2. The van der Waals surface area contributed by atoms with Crippen LogP contribution < -0.4 is 10.2 Å². The van der Waals surface area contributed by atoms with E-state index in [1.54, 1.807) is 0 Å². The molecule has 32 heavy (non-hydrogen) atoms. The smallest absolute Gasteiger partial charge is 0.328 e. The fourth-order valence-electron chi connectivity index (χ4n) is 4.93. The van der Waals surface area contributed by atoms with Crippen LogP contribution in [0.2, 0.25) is 0 Å². The summed E-state index contributed by atoms with van der Waals surface area (Å²) in [6.45, 7) is 3.53. The third-order valence-corrected chi connectivity index (χ3v) is 6.47. The lowest BCUT2D eigenvalue weighted by Gasteiger charge is -2.35. The van der Waals surface area contributed by atoms with E-state index >= 15 is 0 Å². The van der Waals surface area contributed by atoms with Crippen molar-refractivity contribution in [1.82, 2.24) is 4.90 Å². The molecule has 7 heteroatoms. The third kappa shape index (κ3) is 4.62. The number of para-hydroxylation sites is 3. The van der Waals surface area contributed by atoms with E-state index in [2.05, 4.69) is 64.6 Å². The van der Waals surface area contributed by atoms with Crippen molar-refractivity contribution < 1.29 is 19.8 Å². The van der Waals surface area contributed by atoms with Crippen LogP contribution in [0.15, 0.2) is 54.6 Å². The highest BCUT2D eigenvalue weighted by atomic mass is 16.4. The Hall–Kier alpha value is -3.32. The summed E-state index contributed by atoms with van der Waals surface area (Å²) in [5.74, 6) is -1.80. The van der Waals surface area contributed by atoms with Gasteiger partial charge in [-0.3, -0.25) is 0 Å². The average molecular weight is 436 g/mol. The minimum atomic E-state index is -1.26. The van der Waals surface area contributed by atoms with Crippen molar-refractivity contribution in [2.45, 2.75) is 25.3 Å². The summed E-state index contributed by atoms with van der Waals surface area (Å²) in [4.78, 5) is 24.1. The second-order valence-corrected chi connectivity index (χ2v) is 8.55. The first-order valence-electron chi connectivity index (χ1n) is 11.0. The van der Waals surface area contributed by atoms with Gasteiger partial charge in [-0.2, -0.15) is 0 Å².